The van der Waals surface area contributed by atoms with Gasteiger partial charge in [0.05, 0.1) is 21.9 Å². The van der Waals surface area contributed by atoms with Crippen LogP contribution in [0.2, 0.25) is 10.0 Å². The van der Waals surface area contributed by atoms with Crippen LogP contribution in [0.1, 0.15) is 5.56 Å². The first kappa shape index (κ1) is 13.8. The van der Waals surface area contributed by atoms with E-state index in [9.17, 15) is 8.78 Å². The number of anilines is 1. The lowest BCUT2D eigenvalue weighted by Crippen LogP contribution is -1.94. The SMILES string of the molecule is Fc1ccc(/C=N/Nc2ccc(Cl)c(Cl)c2)c(F)c1. The van der Waals surface area contributed by atoms with Gasteiger partial charge < -0.3 is 0 Å². The predicted molar refractivity (Wildman–Crippen MR) is 74.0 cm³/mol. The highest BCUT2D eigenvalue weighted by molar-refractivity contribution is 6.42. The summed E-state index contributed by atoms with van der Waals surface area (Å²) in [6.07, 6.45) is 1.25. The Hall–Kier alpha value is -1.65. The zero-order valence-corrected chi connectivity index (χ0v) is 11.0. The van der Waals surface area contributed by atoms with Crippen molar-refractivity contribution in [3.05, 3.63) is 63.6 Å². The second kappa shape index (κ2) is 5.99. The van der Waals surface area contributed by atoms with E-state index in [1.165, 1.54) is 12.3 Å². The highest BCUT2D eigenvalue weighted by atomic mass is 35.5. The van der Waals surface area contributed by atoms with Gasteiger partial charge in [0.2, 0.25) is 0 Å². The third-order valence-electron chi connectivity index (χ3n) is 2.28. The molecule has 0 amide bonds. The number of halogens is 4. The number of hydrogen-bond donors (Lipinski definition) is 1. The van der Waals surface area contributed by atoms with Crippen LogP contribution in [0.4, 0.5) is 14.5 Å². The Balaban J connectivity index is 2.09. The normalized spacial score (nSPS) is 10.9. The van der Waals surface area contributed by atoms with Crippen LogP contribution in [0.5, 0.6) is 0 Å². The summed E-state index contributed by atoms with van der Waals surface area (Å²) >= 11 is 11.6. The van der Waals surface area contributed by atoms with Crippen LogP contribution >= 0.6 is 23.2 Å². The van der Waals surface area contributed by atoms with Crippen molar-refractivity contribution < 1.29 is 8.78 Å². The summed E-state index contributed by atoms with van der Waals surface area (Å²) in [5.41, 5.74) is 3.45. The number of rotatable bonds is 3. The maximum Gasteiger partial charge on any atom is 0.134 e. The fraction of sp³-hybridized carbons (Fsp3) is 0. The van der Waals surface area contributed by atoms with Crippen LogP contribution < -0.4 is 5.43 Å². The highest BCUT2D eigenvalue weighted by Gasteiger charge is 2.01. The Morgan fingerprint density at radius 1 is 1.00 bits per heavy atom. The quantitative estimate of drug-likeness (QED) is 0.644. The molecule has 6 heteroatoms. The van der Waals surface area contributed by atoms with Gasteiger partial charge in [0.1, 0.15) is 11.6 Å². The smallest absolute Gasteiger partial charge is 0.134 e. The Morgan fingerprint density at radius 2 is 1.79 bits per heavy atom. The molecule has 0 saturated heterocycles. The van der Waals surface area contributed by atoms with E-state index in [2.05, 4.69) is 10.5 Å². The minimum atomic E-state index is -0.681. The number of benzene rings is 2. The Labute approximate surface area is 118 Å². The van der Waals surface area contributed by atoms with Gasteiger partial charge in [-0.15, -0.1) is 0 Å². The topological polar surface area (TPSA) is 24.4 Å². The number of hydrogen-bond acceptors (Lipinski definition) is 2. The molecule has 2 nitrogen and oxygen atoms in total. The van der Waals surface area contributed by atoms with E-state index in [-0.39, 0.29) is 5.56 Å². The summed E-state index contributed by atoms with van der Waals surface area (Å²) in [5, 5.41) is 4.65. The van der Waals surface area contributed by atoms with Gasteiger partial charge in [-0.1, -0.05) is 23.2 Å². The molecule has 0 atom stereocenters. The summed E-state index contributed by atoms with van der Waals surface area (Å²) in [4.78, 5) is 0. The molecular weight excluding hydrogens is 293 g/mol. The van der Waals surface area contributed by atoms with Gasteiger partial charge in [-0.3, -0.25) is 5.43 Å². The van der Waals surface area contributed by atoms with Crippen molar-refractivity contribution in [1.29, 1.82) is 0 Å². The molecule has 2 aromatic carbocycles. The zero-order chi connectivity index (χ0) is 13.8. The number of nitrogens with one attached hydrogen (secondary N) is 1. The van der Waals surface area contributed by atoms with Crippen molar-refractivity contribution in [2.24, 2.45) is 5.10 Å². The molecule has 19 heavy (non-hydrogen) atoms. The van der Waals surface area contributed by atoms with Gasteiger partial charge in [-0.05, 0) is 30.3 Å². The molecule has 1 N–H and O–H groups in total. The average Bonchev–Trinajstić information content (AvgIpc) is 2.36. The van der Waals surface area contributed by atoms with E-state index in [1.54, 1.807) is 18.2 Å². The molecule has 2 aromatic rings. The maximum atomic E-state index is 13.3. The second-order valence-corrected chi connectivity index (χ2v) is 4.48. The summed E-state index contributed by atoms with van der Waals surface area (Å²) < 4.78 is 26.0. The summed E-state index contributed by atoms with van der Waals surface area (Å²) in [6, 6.07) is 8.11. The number of hydrazone groups is 1. The predicted octanol–water partition coefficient (Wildman–Crippen LogP) is 4.72. The van der Waals surface area contributed by atoms with Crippen molar-refractivity contribution >= 4 is 35.1 Å². The summed E-state index contributed by atoms with van der Waals surface area (Å²) in [6.45, 7) is 0. The van der Waals surface area contributed by atoms with Crippen molar-refractivity contribution in [1.82, 2.24) is 0 Å². The van der Waals surface area contributed by atoms with E-state index >= 15 is 0 Å². The first-order chi connectivity index (χ1) is 9.06. The van der Waals surface area contributed by atoms with Gasteiger partial charge in [0, 0.05) is 11.6 Å². The lowest BCUT2D eigenvalue weighted by molar-refractivity contribution is 0.582. The molecule has 0 aliphatic carbocycles. The van der Waals surface area contributed by atoms with Crippen LogP contribution in [0, 0.1) is 11.6 Å². The van der Waals surface area contributed by atoms with E-state index in [0.717, 1.165) is 12.1 Å². The second-order valence-electron chi connectivity index (χ2n) is 3.66. The number of nitrogens with zero attached hydrogens (tertiary/aromatic N) is 1. The first-order valence-electron chi connectivity index (χ1n) is 5.25. The third-order valence-corrected chi connectivity index (χ3v) is 3.02. The molecule has 0 fully saturated rings. The van der Waals surface area contributed by atoms with Gasteiger partial charge >= 0.3 is 0 Å². The van der Waals surface area contributed by atoms with Gasteiger partial charge in [-0.25, -0.2) is 8.78 Å². The van der Waals surface area contributed by atoms with Crippen molar-refractivity contribution in [2.75, 3.05) is 5.43 Å². The van der Waals surface area contributed by atoms with Crippen LogP contribution in [-0.4, -0.2) is 6.21 Å². The fourth-order valence-electron chi connectivity index (χ4n) is 1.35. The first-order valence-corrected chi connectivity index (χ1v) is 6.01. The molecular formula is C13H8Cl2F2N2. The molecule has 2 rings (SSSR count). The minimum absolute atomic E-state index is 0.175. The average molecular weight is 301 g/mol. The van der Waals surface area contributed by atoms with E-state index in [0.29, 0.717) is 15.7 Å². The van der Waals surface area contributed by atoms with Gasteiger partial charge in [0.15, 0.2) is 0 Å². The molecule has 0 saturated carbocycles. The minimum Gasteiger partial charge on any atom is -0.278 e. The highest BCUT2D eigenvalue weighted by Crippen LogP contribution is 2.24. The monoisotopic (exact) mass is 300 g/mol. The maximum absolute atomic E-state index is 13.3. The molecule has 0 aromatic heterocycles. The lowest BCUT2D eigenvalue weighted by Gasteiger charge is -2.02. The van der Waals surface area contributed by atoms with E-state index in [4.69, 9.17) is 23.2 Å². The molecule has 0 radical (unpaired) electrons. The van der Waals surface area contributed by atoms with Gasteiger partial charge in [0.25, 0.3) is 0 Å². The molecule has 0 spiro atoms. The Morgan fingerprint density at radius 3 is 2.47 bits per heavy atom. The fourth-order valence-corrected chi connectivity index (χ4v) is 1.65. The lowest BCUT2D eigenvalue weighted by atomic mass is 10.2. The van der Waals surface area contributed by atoms with Crippen molar-refractivity contribution in [2.45, 2.75) is 0 Å². The third kappa shape index (κ3) is 3.66. The molecule has 0 unspecified atom stereocenters. The van der Waals surface area contributed by atoms with E-state index < -0.39 is 11.6 Å². The van der Waals surface area contributed by atoms with Crippen LogP contribution in [-0.2, 0) is 0 Å². The molecule has 0 aliphatic heterocycles. The van der Waals surface area contributed by atoms with Crippen molar-refractivity contribution in [3.8, 4) is 0 Å². The largest absolute Gasteiger partial charge is 0.278 e. The molecule has 0 aliphatic rings. The van der Waals surface area contributed by atoms with Gasteiger partial charge in [-0.2, -0.15) is 5.10 Å². The Bertz CT molecular complexity index is 630. The van der Waals surface area contributed by atoms with Crippen LogP contribution in [0.25, 0.3) is 0 Å². The molecule has 0 heterocycles. The van der Waals surface area contributed by atoms with Crippen LogP contribution in [0.15, 0.2) is 41.5 Å². The standard InChI is InChI=1S/C13H8Cl2F2N2/c14-11-4-3-10(6-12(11)15)19-18-7-8-1-2-9(16)5-13(8)17/h1-7,19H/b18-7+. The molecule has 0 bridgehead atoms. The molecule has 98 valence electrons. The Kier molecular flexibility index (Phi) is 4.35. The summed E-state index contributed by atoms with van der Waals surface area (Å²) in [7, 11) is 0. The zero-order valence-electron chi connectivity index (χ0n) is 9.50. The van der Waals surface area contributed by atoms with Crippen molar-refractivity contribution in [3.63, 3.8) is 0 Å². The van der Waals surface area contributed by atoms with Crippen LogP contribution in [0.3, 0.4) is 0 Å². The van der Waals surface area contributed by atoms with E-state index in [1.807, 2.05) is 0 Å². The summed E-state index contributed by atoms with van der Waals surface area (Å²) in [5.74, 6) is -1.31.